The number of carbonyl (C=O) groups is 1. The Bertz CT molecular complexity index is 1080. The first-order valence-corrected chi connectivity index (χ1v) is 10.5. The van der Waals surface area contributed by atoms with E-state index >= 15 is 0 Å². The molecule has 10 heteroatoms. The molecular formula is C21H27N7O3. The lowest BCUT2D eigenvalue weighted by molar-refractivity contribution is 0.0594. The molecule has 3 aromatic heterocycles. The fraction of sp³-hybridized carbons (Fsp3) is 0.476. The molecule has 0 amide bonds. The molecule has 0 unspecified atom stereocenters. The second kappa shape index (κ2) is 9.25. The molecule has 0 atom stereocenters. The van der Waals surface area contributed by atoms with Crippen LogP contribution in [0.15, 0.2) is 18.3 Å². The third-order valence-corrected chi connectivity index (χ3v) is 5.16. The van der Waals surface area contributed by atoms with Crippen molar-refractivity contribution in [3.63, 3.8) is 0 Å². The van der Waals surface area contributed by atoms with Crippen LogP contribution < -0.4 is 10.2 Å². The summed E-state index contributed by atoms with van der Waals surface area (Å²) >= 11 is 0. The van der Waals surface area contributed by atoms with Crippen molar-refractivity contribution in [1.82, 2.24) is 24.7 Å². The van der Waals surface area contributed by atoms with E-state index in [1.807, 2.05) is 26.0 Å². The number of aromatic nitrogens is 5. The number of anilines is 3. The second-order valence-corrected chi connectivity index (χ2v) is 7.37. The van der Waals surface area contributed by atoms with E-state index in [0.717, 1.165) is 31.5 Å². The summed E-state index contributed by atoms with van der Waals surface area (Å²) in [6.45, 7) is 7.17. The maximum atomic E-state index is 12.5. The number of esters is 1. The molecular weight excluding hydrogens is 398 g/mol. The molecule has 1 fully saturated rings. The van der Waals surface area contributed by atoms with Crippen LogP contribution in [0.1, 0.15) is 35.8 Å². The van der Waals surface area contributed by atoms with Crippen LogP contribution >= 0.6 is 0 Å². The van der Waals surface area contributed by atoms with E-state index in [1.165, 1.54) is 7.11 Å². The fourth-order valence-corrected chi connectivity index (χ4v) is 3.63. The number of rotatable bonds is 8. The van der Waals surface area contributed by atoms with Gasteiger partial charge in [-0.25, -0.2) is 14.8 Å². The zero-order valence-electron chi connectivity index (χ0n) is 18.1. The molecule has 4 heterocycles. The smallest absolute Gasteiger partial charge is 0.360 e. The second-order valence-electron chi connectivity index (χ2n) is 7.37. The Labute approximate surface area is 180 Å². The van der Waals surface area contributed by atoms with Gasteiger partial charge in [-0.1, -0.05) is 0 Å². The van der Waals surface area contributed by atoms with Crippen LogP contribution in [0.3, 0.4) is 0 Å². The number of hydrogen-bond donors (Lipinski definition) is 1. The van der Waals surface area contributed by atoms with Gasteiger partial charge in [-0.2, -0.15) is 10.1 Å². The molecule has 164 valence electrons. The standard InChI is InChI=1S/C21H27N7O3/c1-4-31-12-11-28-18-16(17(26-28)20(29)30-3)24-21(27-9-5-6-10-27)25-19(18)23-15-13-14(2)7-8-22-15/h7-8,13H,4-6,9-12H2,1-3H3,(H,22,23,24,25). The van der Waals surface area contributed by atoms with Gasteiger partial charge in [0.1, 0.15) is 16.9 Å². The average Bonchev–Trinajstić information content (AvgIpc) is 3.42. The van der Waals surface area contributed by atoms with Gasteiger partial charge in [0.15, 0.2) is 11.5 Å². The number of hydrogen-bond acceptors (Lipinski definition) is 9. The van der Waals surface area contributed by atoms with Gasteiger partial charge in [0.2, 0.25) is 5.95 Å². The van der Waals surface area contributed by atoms with Crippen LogP contribution in [0.25, 0.3) is 11.0 Å². The lowest BCUT2D eigenvalue weighted by Crippen LogP contribution is -2.21. The molecule has 10 nitrogen and oxygen atoms in total. The van der Waals surface area contributed by atoms with E-state index in [0.29, 0.717) is 48.4 Å². The van der Waals surface area contributed by atoms with Gasteiger partial charge in [-0.05, 0) is 44.4 Å². The molecule has 1 aliphatic heterocycles. The van der Waals surface area contributed by atoms with E-state index in [2.05, 4.69) is 20.3 Å². The minimum atomic E-state index is -0.536. The van der Waals surface area contributed by atoms with Crippen LogP contribution in [0.4, 0.5) is 17.6 Å². The molecule has 0 aliphatic carbocycles. The topological polar surface area (TPSA) is 107 Å². The third kappa shape index (κ3) is 4.43. The first-order valence-electron chi connectivity index (χ1n) is 10.5. The zero-order chi connectivity index (χ0) is 21.8. The van der Waals surface area contributed by atoms with Gasteiger partial charge in [-0.3, -0.25) is 4.68 Å². The highest BCUT2D eigenvalue weighted by Gasteiger charge is 2.26. The minimum Gasteiger partial charge on any atom is -0.464 e. The van der Waals surface area contributed by atoms with Gasteiger partial charge >= 0.3 is 5.97 Å². The molecule has 0 aromatic carbocycles. The molecule has 1 N–H and O–H groups in total. The van der Waals surface area contributed by atoms with Crippen molar-refractivity contribution in [2.24, 2.45) is 0 Å². The first-order chi connectivity index (χ1) is 15.1. The Hall–Kier alpha value is -3.27. The van der Waals surface area contributed by atoms with Crippen molar-refractivity contribution in [3.05, 3.63) is 29.6 Å². The van der Waals surface area contributed by atoms with Gasteiger partial charge in [0.05, 0.1) is 20.3 Å². The van der Waals surface area contributed by atoms with Crippen LogP contribution in [-0.4, -0.2) is 64.1 Å². The molecule has 1 saturated heterocycles. The molecule has 0 bridgehead atoms. The maximum absolute atomic E-state index is 12.5. The number of aryl methyl sites for hydroxylation is 1. The number of pyridine rings is 1. The Morgan fingerprint density at radius 1 is 1.26 bits per heavy atom. The molecule has 31 heavy (non-hydrogen) atoms. The van der Waals surface area contributed by atoms with Crippen LogP contribution in [-0.2, 0) is 16.0 Å². The number of nitrogens with zero attached hydrogens (tertiary/aromatic N) is 6. The average molecular weight is 425 g/mol. The summed E-state index contributed by atoms with van der Waals surface area (Å²) in [5.74, 6) is 1.23. The van der Waals surface area contributed by atoms with Crippen molar-refractivity contribution in [2.45, 2.75) is 33.2 Å². The Balaban J connectivity index is 1.87. The Morgan fingerprint density at radius 2 is 2.06 bits per heavy atom. The van der Waals surface area contributed by atoms with Crippen LogP contribution in [0.2, 0.25) is 0 Å². The number of nitrogens with one attached hydrogen (secondary N) is 1. The van der Waals surface area contributed by atoms with E-state index in [9.17, 15) is 4.79 Å². The molecule has 4 rings (SSSR count). The number of ether oxygens (including phenoxy) is 2. The third-order valence-electron chi connectivity index (χ3n) is 5.16. The van der Waals surface area contributed by atoms with Crippen molar-refractivity contribution in [1.29, 1.82) is 0 Å². The summed E-state index contributed by atoms with van der Waals surface area (Å²) in [6, 6.07) is 3.86. The molecule has 0 saturated carbocycles. The van der Waals surface area contributed by atoms with Gasteiger partial charge in [0, 0.05) is 25.9 Å². The van der Waals surface area contributed by atoms with Crippen LogP contribution in [0.5, 0.6) is 0 Å². The summed E-state index contributed by atoms with van der Waals surface area (Å²) in [5, 5.41) is 7.81. The Morgan fingerprint density at radius 3 is 2.77 bits per heavy atom. The highest BCUT2D eigenvalue weighted by atomic mass is 16.5. The van der Waals surface area contributed by atoms with Crippen molar-refractivity contribution in [2.75, 3.05) is 43.6 Å². The summed E-state index contributed by atoms with van der Waals surface area (Å²) in [6.07, 6.45) is 3.91. The monoisotopic (exact) mass is 425 g/mol. The number of methoxy groups -OCH3 is 1. The van der Waals surface area contributed by atoms with Crippen molar-refractivity contribution < 1.29 is 14.3 Å². The van der Waals surface area contributed by atoms with E-state index in [-0.39, 0.29) is 5.69 Å². The quantitative estimate of drug-likeness (QED) is 0.430. The van der Waals surface area contributed by atoms with Crippen molar-refractivity contribution >= 4 is 34.6 Å². The van der Waals surface area contributed by atoms with Gasteiger partial charge in [0.25, 0.3) is 0 Å². The maximum Gasteiger partial charge on any atom is 0.360 e. The van der Waals surface area contributed by atoms with E-state index in [1.54, 1.807) is 10.9 Å². The predicted molar refractivity (Wildman–Crippen MR) is 117 cm³/mol. The molecule has 0 radical (unpaired) electrons. The van der Waals surface area contributed by atoms with E-state index in [4.69, 9.17) is 19.4 Å². The summed E-state index contributed by atoms with van der Waals surface area (Å²) < 4.78 is 12.2. The molecule has 1 aliphatic rings. The first kappa shape index (κ1) is 21.0. The van der Waals surface area contributed by atoms with Crippen LogP contribution in [0, 0.1) is 6.92 Å². The highest BCUT2D eigenvalue weighted by Crippen LogP contribution is 2.30. The lowest BCUT2D eigenvalue weighted by Gasteiger charge is -2.17. The highest BCUT2D eigenvalue weighted by molar-refractivity contribution is 6.03. The summed E-state index contributed by atoms with van der Waals surface area (Å²) in [4.78, 5) is 28.5. The number of fused-ring (bicyclic) bond motifs is 1. The zero-order valence-corrected chi connectivity index (χ0v) is 18.1. The predicted octanol–water partition coefficient (Wildman–Crippen LogP) is 2.70. The normalized spacial score (nSPS) is 13.7. The minimum absolute atomic E-state index is 0.164. The number of carbonyl (C=O) groups excluding carboxylic acids is 1. The lowest BCUT2D eigenvalue weighted by atomic mass is 10.3. The largest absolute Gasteiger partial charge is 0.464 e. The SMILES string of the molecule is CCOCCn1nc(C(=O)OC)c2nc(N3CCCC3)nc(Nc3cc(C)ccn3)c21. The van der Waals surface area contributed by atoms with Gasteiger partial charge < -0.3 is 19.7 Å². The summed E-state index contributed by atoms with van der Waals surface area (Å²) in [7, 11) is 1.34. The van der Waals surface area contributed by atoms with Gasteiger partial charge in [-0.15, -0.1) is 0 Å². The summed E-state index contributed by atoms with van der Waals surface area (Å²) in [5.41, 5.74) is 2.31. The molecule has 3 aromatic rings. The van der Waals surface area contributed by atoms with Crippen molar-refractivity contribution in [3.8, 4) is 0 Å². The van der Waals surface area contributed by atoms with E-state index < -0.39 is 5.97 Å². The Kier molecular flexibility index (Phi) is 6.26. The fourth-order valence-electron chi connectivity index (χ4n) is 3.63. The molecule has 0 spiro atoms.